The number of nitrogens with two attached hydrogens (primary N) is 1. The molecule has 1 amide bonds. The van der Waals surface area contributed by atoms with Gasteiger partial charge < -0.3 is 10.8 Å². The van der Waals surface area contributed by atoms with Crippen molar-refractivity contribution in [3.05, 3.63) is 29.3 Å². The third kappa shape index (κ3) is 3.94. The van der Waals surface area contributed by atoms with Gasteiger partial charge in [0.2, 0.25) is 5.91 Å². The zero-order chi connectivity index (χ0) is 14.6. The molecule has 1 rings (SSSR count). The summed E-state index contributed by atoms with van der Waals surface area (Å²) in [4.78, 5) is 24.4. The summed E-state index contributed by atoms with van der Waals surface area (Å²) in [6, 6.07) is 6.38. The highest BCUT2D eigenvalue weighted by Gasteiger charge is 2.32. The standard InChI is InChI=1S/C13H17ClN2O3/c1-3-13(2,15)12(19)16(8-11(17)18)10-6-4-9(14)5-7-10/h4-7H,3,8,15H2,1-2H3,(H,17,18). The molecule has 3 N–H and O–H groups in total. The van der Waals surface area contributed by atoms with Crippen LogP contribution in [-0.2, 0) is 9.59 Å². The molecule has 6 heteroatoms. The third-order valence-electron chi connectivity index (χ3n) is 2.90. The van der Waals surface area contributed by atoms with Crippen molar-refractivity contribution in [2.75, 3.05) is 11.4 Å². The summed E-state index contributed by atoms with van der Waals surface area (Å²) in [5.41, 5.74) is 5.25. The number of amides is 1. The quantitative estimate of drug-likeness (QED) is 0.865. The van der Waals surface area contributed by atoms with Crippen LogP contribution in [0.25, 0.3) is 0 Å². The van der Waals surface area contributed by atoms with E-state index in [0.29, 0.717) is 17.1 Å². The number of carbonyl (C=O) groups is 2. The Morgan fingerprint density at radius 2 is 1.89 bits per heavy atom. The van der Waals surface area contributed by atoms with Crippen LogP contribution in [0.1, 0.15) is 20.3 Å². The summed E-state index contributed by atoms with van der Waals surface area (Å²) in [5, 5.41) is 9.44. The van der Waals surface area contributed by atoms with Gasteiger partial charge in [-0.15, -0.1) is 0 Å². The predicted molar refractivity (Wildman–Crippen MR) is 74.3 cm³/mol. The number of carboxylic acids is 1. The van der Waals surface area contributed by atoms with Crippen molar-refractivity contribution >= 4 is 29.2 Å². The van der Waals surface area contributed by atoms with Crippen LogP contribution >= 0.6 is 11.6 Å². The van der Waals surface area contributed by atoms with Crippen molar-refractivity contribution in [1.82, 2.24) is 0 Å². The van der Waals surface area contributed by atoms with E-state index in [1.165, 1.54) is 0 Å². The van der Waals surface area contributed by atoms with Crippen LogP contribution in [0.5, 0.6) is 0 Å². The molecule has 1 atom stereocenters. The fraction of sp³-hybridized carbons (Fsp3) is 0.385. The number of hydrogen-bond acceptors (Lipinski definition) is 3. The lowest BCUT2D eigenvalue weighted by atomic mass is 9.98. The molecule has 0 aromatic heterocycles. The molecule has 0 aliphatic carbocycles. The van der Waals surface area contributed by atoms with Gasteiger partial charge in [0.15, 0.2) is 0 Å². The van der Waals surface area contributed by atoms with E-state index in [4.69, 9.17) is 22.4 Å². The lowest BCUT2D eigenvalue weighted by molar-refractivity contribution is -0.137. The third-order valence-corrected chi connectivity index (χ3v) is 3.15. The Morgan fingerprint density at radius 3 is 2.32 bits per heavy atom. The first-order chi connectivity index (χ1) is 8.77. The second-order valence-electron chi connectivity index (χ2n) is 4.53. The number of carboxylic acid groups (broad SMARTS) is 1. The van der Waals surface area contributed by atoms with E-state index in [0.717, 1.165) is 4.90 Å². The zero-order valence-corrected chi connectivity index (χ0v) is 11.6. The van der Waals surface area contributed by atoms with E-state index < -0.39 is 24.0 Å². The molecule has 1 aromatic rings. The molecule has 1 unspecified atom stereocenters. The average Bonchev–Trinajstić information content (AvgIpc) is 2.36. The summed E-state index contributed by atoms with van der Waals surface area (Å²) >= 11 is 5.77. The molecule has 1 aromatic carbocycles. The van der Waals surface area contributed by atoms with Crippen LogP contribution in [0, 0.1) is 0 Å². The second-order valence-corrected chi connectivity index (χ2v) is 4.97. The van der Waals surface area contributed by atoms with Crippen molar-refractivity contribution in [3.8, 4) is 0 Å². The molecule has 0 saturated heterocycles. The molecule has 0 radical (unpaired) electrons. The Hall–Kier alpha value is -1.59. The number of anilines is 1. The largest absolute Gasteiger partial charge is 0.480 e. The van der Waals surface area contributed by atoms with Gasteiger partial charge in [0.25, 0.3) is 0 Å². The van der Waals surface area contributed by atoms with E-state index in [1.807, 2.05) is 0 Å². The van der Waals surface area contributed by atoms with Crippen LogP contribution in [0.15, 0.2) is 24.3 Å². The summed E-state index contributed by atoms with van der Waals surface area (Å²) in [5.74, 6) is -1.53. The molecule has 5 nitrogen and oxygen atoms in total. The minimum absolute atomic E-state index is 0.412. The molecule has 0 fully saturated rings. The van der Waals surface area contributed by atoms with E-state index in [-0.39, 0.29) is 0 Å². The predicted octanol–water partition coefficient (Wildman–Crippen LogP) is 1.89. The van der Waals surface area contributed by atoms with Crippen LogP contribution in [0.3, 0.4) is 0 Å². The number of hydrogen-bond donors (Lipinski definition) is 2. The zero-order valence-electron chi connectivity index (χ0n) is 10.9. The first-order valence-corrected chi connectivity index (χ1v) is 6.24. The van der Waals surface area contributed by atoms with Gasteiger partial charge in [-0.05, 0) is 37.6 Å². The number of carbonyl (C=O) groups excluding carboxylic acids is 1. The van der Waals surface area contributed by atoms with Gasteiger partial charge in [-0.3, -0.25) is 14.5 Å². The molecule has 0 aliphatic heterocycles. The topological polar surface area (TPSA) is 83.6 Å². The first kappa shape index (κ1) is 15.5. The van der Waals surface area contributed by atoms with Gasteiger partial charge in [-0.2, -0.15) is 0 Å². The van der Waals surface area contributed by atoms with E-state index in [2.05, 4.69) is 0 Å². The summed E-state index contributed by atoms with van der Waals surface area (Å²) in [6.07, 6.45) is 0.412. The number of rotatable bonds is 5. The highest BCUT2D eigenvalue weighted by molar-refractivity contribution is 6.30. The molecule has 104 valence electrons. The Kier molecular flexibility index (Phi) is 4.91. The van der Waals surface area contributed by atoms with Crippen LogP contribution < -0.4 is 10.6 Å². The SMILES string of the molecule is CCC(C)(N)C(=O)N(CC(=O)O)c1ccc(Cl)cc1. The highest BCUT2D eigenvalue weighted by atomic mass is 35.5. The van der Waals surface area contributed by atoms with Gasteiger partial charge >= 0.3 is 5.97 Å². The van der Waals surface area contributed by atoms with Crippen LogP contribution in [0.4, 0.5) is 5.69 Å². The van der Waals surface area contributed by atoms with Crippen molar-refractivity contribution in [2.45, 2.75) is 25.8 Å². The van der Waals surface area contributed by atoms with E-state index in [9.17, 15) is 9.59 Å². The molecule has 0 saturated carbocycles. The fourth-order valence-electron chi connectivity index (χ4n) is 1.50. The van der Waals surface area contributed by atoms with Crippen LogP contribution in [-0.4, -0.2) is 29.1 Å². The molecule has 0 aliphatic rings. The minimum atomic E-state index is -1.10. The summed E-state index contributed by atoms with van der Waals surface area (Å²) in [7, 11) is 0. The van der Waals surface area contributed by atoms with Crippen LogP contribution in [0.2, 0.25) is 5.02 Å². The van der Waals surface area contributed by atoms with Gasteiger partial charge in [-0.1, -0.05) is 18.5 Å². The van der Waals surface area contributed by atoms with Gasteiger partial charge in [0.1, 0.15) is 6.54 Å². The van der Waals surface area contributed by atoms with Gasteiger partial charge in [0.05, 0.1) is 5.54 Å². The van der Waals surface area contributed by atoms with Crippen molar-refractivity contribution < 1.29 is 14.7 Å². The molecular formula is C13H17ClN2O3. The molecule has 0 bridgehead atoms. The Balaban J connectivity index is 3.11. The smallest absolute Gasteiger partial charge is 0.323 e. The highest BCUT2D eigenvalue weighted by Crippen LogP contribution is 2.21. The van der Waals surface area contributed by atoms with E-state index in [1.54, 1.807) is 38.1 Å². The Bertz CT molecular complexity index is 471. The molecule has 0 spiro atoms. The van der Waals surface area contributed by atoms with Crippen molar-refractivity contribution in [3.63, 3.8) is 0 Å². The summed E-state index contributed by atoms with van der Waals surface area (Å²) < 4.78 is 0. The number of benzene rings is 1. The second kappa shape index (κ2) is 6.04. The Labute approximate surface area is 117 Å². The molecule has 19 heavy (non-hydrogen) atoms. The van der Waals surface area contributed by atoms with Gasteiger partial charge in [0, 0.05) is 10.7 Å². The first-order valence-electron chi connectivity index (χ1n) is 5.86. The normalized spacial score (nSPS) is 13.7. The Morgan fingerprint density at radius 1 is 1.37 bits per heavy atom. The van der Waals surface area contributed by atoms with Crippen molar-refractivity contribution in [2.24, 2.45) is 5.73 Å². The average molecular weight is 285 g/mol. The number of halogens is 1. The fourth-order valence-corrected chi connectivity index (χ4v) is 1.62. The number of aliphatic carboxylic acids is 1. The lowest BCUT2D eigenvalue weighted by Gasteiger charge is -2.30. The maximum atomic E-state index is 12.3. The maximum absolute atomic E-state index is 12.3. The monoisotopic (exact) mass is 284 g/mol. The van der Waals surface area contributed by atoms with E-state index >= 15 is 0 Å². The minimum Gasteiger partial charge on any atom is -0.480 e. The lowest BCUT2D eigenvalue weighted by Crippen LogP contribution is -2.54. The van der Waals surface area contributed by atoms with Gasteiger partial charge in [-0.25, -0.2) is 0 Å². The maximum Gasteiger partial charge on any atom is 0.323 e. The molecule has 0 heterocycles. The van der Waals surface area contributed by atoms with Crippen molar-refractivity contribution in [1.29, 1.82) is 0 Å². The summed E-state index contributed by atoms with van der Waals surface area (Å²) in [6.45, 7) is 2.92. The molecular weight excluding hydrogens is 268 g/mol. The number of nitrogens with zero attached hydrogens (tertiary/aromatic N) is 1.